The fraction of sp³-hybridized carbons (Fsp3) is 1.00. The topological polar surface area (TPSA) is 24.5 Å². The number of morpholine rings is 1. The van der Waals surface area contributed by atoms with Crippen LogP contribution in [0.4, 0.5) is 0 Å². The van der Waals surface area contributed by atoms with Crippen LogP contribution in [-0.4, -0.2) is 49.8 Å². The van der Waals surface area contributed by atoms with Gasteiger partial charge in [-0.15, -0.1) is 0 Å². The lowest BCUT2D eigenvalue weighted by atomic mass is 10.1. The first-order valence-corrected chi connectivity index (χ1v) is 5.82. The fourth-order valence-corrected chi connectivity index (χ4v) is 2.67. The average molecular weight is 198 g/mol. The average Bonchev–Trinajstić information content (AvgIpc) is 2.54. The molecule has 0 bridgehead atoms. The maximum atomic E-state index is 5.72. The van der Waals surface area contributed by atoms with Gasteiger partial charge in [0, 0.05) is 19.6 Å². The monoisotopic (exact) mass is 198 g/mol. The Morgan fingerprint density at radius 1 is 1.29 bits per heavy atom. The van der Waals surface area contributed by atoms with Crippen molar-refractivity contribution >= 4 is 0 Å². The van der Waals surface area contributed by atoms with E-state index in [4.69, 9.17) is 4.74 Å². The normalized spacial score (nSPS) is 40.3. The lowest BCUT2D eigenvalue weighted by Gasteiger charge is -2.36. The quantitative estimate of drug-likeness (QED) is 0.707. The van der Waals surface area contributed by atoms with E-state index in [0.717, 1.165) is 19.0 Å². The Kier molecular flexibility index (Phi) is 3.42. The maximum Gasteiger partial charge on any atom is 0.0678 e. The van der Waals surface area contributed by atoms with E-state index in [-0.39, 0.29) is 0 Å². The summed E-state index contributed by atoms with van der Waals surface area (Å²) in [7, 11) is 0. The molecule has 14 heavy (non-hydrogen) atoms. The summed E-state index contributed by atoms with van der Waals surface area (Å²) in [4.78, 5) is 2.57. The zero-order valence-corrected chi connectivity index (χ0v) is 9.33. The molecule has 0 unspecified atom stereocenters. The molecule has 2 fully saturated rings. The SMILES string of the molecule is C[C@@H]1CN(C[C@H]2CCNC2)C[C@H](C)O1. The first-order chi connectivity index (χ1) is 6.74. The molecule has 2 aliphatic heterocycles. The predicted octanol–water partition coefficient (Wildman–Crippen LogP) is 0.705. The van der Waals surface area contributed by atoms with Crippen LogP contribution in [0.15, 0.2) is 0 Å². The second-order valence-corrected chi connectivity index (χ2v) is 4.83. The summed E-state index contributed by atoms with van der Waals surface area (Å²) in [5.74, 6) is 0.868. The third kappa shape index (κ3) is 2.69. The molecule has 0 spiro atoms. The molecule has 1 N–H and O–H groups in total. The molecule has 0 aromatic carbocycles. The highest BCUT2D eigenvalue weighted by molar-refractivity contribution is 4.79. The van der Waals surface area contributed by atoms with E-state index in [0.29, 0.717) is 12.2 Å². The highest BCUT2D eigenvalue weighted by Crippen LogP contribution is 2.15. The first-order valence-electron chi connectivity index (χ1n) is 5.82. The number of rotatable bonds is 2. The van der Waals surface area contributed by atoms with E-state index in [1.807, 2.05) is 0 Å². The summed E-state index contributed by atoms with van der Waals surface area (Å²) < 4.78 is 5.72. The molecule has 0 aromatic heterocycles. The van der Waals surface area contributed by atoms with Gasteiger partial charge in [-0.3, -0.25) is 4.90 Å². The minimum absolute atomic E-state index is 0.410. The van der Waals surface area contributed by atoms with Crippen molar-refractivity contribution in [3.63, 3.8) is 0 Å². The molecule has 3 nitrogen and oxygen atoms in total. The third-order valence-corrected chi connectivity index (χ3v) is 3.17. The summed E-state index contributed by atoms with van der Waals surface area (Å²) in [6, 6.07) is 0. The number of hydrogen-bond donors (Lipinski definition) is 1. The van der Waals surface area contributed by atoms with E-state index in [2.05, 4.69) is 24.1 Å². The van der Waals surface area contributed by atoms with Gasteiger partial charge in [0.1, 0.15) is 0 Å². The van der Waals surface area contributed by atoms with Gasteiger partial charge in [0.2, 0.25) is 0 Å². The molecule has 2 rings (SSSR count). The molecule has 2 aliphatic rings. The highest BCUT2D eigenvalue weighted by Gasteiger charge is 2.25. The van der Waals surface area contributed by atoms with Gasteiger partial charge >= 0.3 is 0 Å². The molecular formula is C11H22N2O. The zero-order valence-electron chi connectivity index (χ0n) is 9.33. The zero-order chi connectivity index (χ0) is 9.97. The minimum atomic E-state index is 0.410. The largest absolute Gasteiger partial charge is 0.373 e. The van der Waals surface area contributed by atoms with Gasteiger partial charge in [-0.05, 0) is 39.3 Å². The van der Waals surface area contributed by atoms with Crippen molar-refractivity contribution in [3.05, 3.63) is 0 Å². The van der Waals surface area contributed by atoms with Gasteiger partial charge in [-0.25, -0.2) is 0 Å². The standard InChI is InChI=1S/C11H22N2O/c1-9-6-13(7-10(2)14-9)8-11-3-4-12-5-11/h9-12H,3-8H2,1-2H3/t9-,10+,11-/m0/s1. The smallest absolute Gasteiger partial charge is 0.0678 e. The summed E-state index contributed by atoms with van der Waals surface area (Å²) in [6.45, 7) is 10.2. The molecule has 3 atom stereocenters. The van der Waals surface area contributed by atoms with Crippen LogP contribution in [0.2, 0.25) is 0 Å². The van der Waals surface area contributed by atoms with Crippen LogP contribution in [0.5, 0.6) is 0 Å². The molecule has 2 saturated heterocycles. The van der Waals surface area contributed by atoms with Crippen molar-refractivity contribution in [3.8, 4) is 0 Å². The van der Waals surface area contributed by atoms with Gasteiger partial charge in [0.05, 0.1) is 12.2 Å². The molecule has 0 amide bonds. The Labute approximate surface area is 86.8 Å². The van der Waals surface area contributed by atoms with E-state index >= 15 is 0 Å². The van der Waals surface area contributed by atoms with Crippen molar-refractivity contribution in [2.45, 2.75) is 32.5 Å². The number of nitrogens with zero attached hydrogens (tertiary/aromatic N) is 1. The molecule has 82 valence electrons. The van der Waals surface area contributed by atoms with Crippen LogP contribution in [0, 0.1) is 5.92 Å². The Balaban J connectivity index is 1.78. The lowest BCUT2D eigenvalue weighted by molar-refractivity contribution is -0.0708. The van der Waals surface area contributed by atoms with Crippen molar-refractivity contribution in [2.24, 2.45) is 5.92 Å². The minimum Gasteiger partial charge on any atom is -0.373 e. The van der Waals surface area contributed by atoms with E-state index in [9.17, 15) is 0 Å². The Morgan fingerprint density at radius 3 is 2.57 bits per heavy atom. The third-order valence-electron chi connectivity index (χ3n) is 3.17. The van der Waals surface area contributed by atoms with Crippen molar-refractivity contribution < 1.29 is 4.74 Å². The van der Waals surface area contributed by atoms with Gasteiger partial charge in [0.25, 0.3) is 0 Å². The van der Waals surface area contributed by atoms with E-state index in [1.165, 1.54) is 26.1 Å². The summed E-state index contributed by atoms with van der Waals surface area (Å²) in [5, 5.41) is 3.43. The van der Waals surface area contributed by atoms with Crippen LogP contribution >= 0.6 is 0 Å². The van der Waals surface area contributed by atoms with E-state index in [1.54, 1.807) is 0 Å². The lowest BCUT2D eigenvalue weighted by Crippen LogP contribution is -2.47. The summed E-state index contributed by atoms with van der Waals surface area (Å²) in [5.41, 5.74) is 0. The first kappa shape index (κ1) is 10.4. The van der Waals surface area contributed by atoms with Crippen molar-refractivity contribution in [1.29, 1.82) is 0 Å². The van der Waals surface area contributed by atoms with Crippen LogP contribution in [0.3, 0.4) is 0 Å². The molecule has 0 saturated carbocycles. The van der Waals surface area contributed by atoms with Gasteiger partial charge < -0.3 is 10.1 Å². The number of ether oxygens (including phenoxy) is 1. The summed E-state index contributed by atoms with van der Waals surface area (Å²) in [6.07, 6.45) is 2.17. The van der Waals surface area contributed by atoms with Crippen LogP contribution in [-0.2, 0) is 4.74 Å². The molecule has 0 aliphatic carbocycles. The molecule has 3 heteroatoms. The highest BCUT2D eigenvalue weighted by atomic mass is 16.5. The Bertz CT molecular complexity index is 170. The molecule has 0 radical (unpaired) electrons. The number of nitrogens with one attached hydrogen (secondary N) is 1. The van der Waals surface area contributed by atoms with Crippen LogP contribution < -0.4 is 5.32 Å². The predicted molar refractivity (Wildman–Crippen MR) is 57.4 cm³/mol. The van der Waals surface area contributed by atoms with Gasteiger partial charge in [-0.1, -0.05) is 0 Å². The fourth-order valence-electron chi connectivity index (χ4n) is 2.67. The van der Waals surface area contributed by atoms with Crippen LogP contribution in [0.1, 0.15) is 20.3 Å². The molecule has 0 aromatic rings. The van der Waals surface area contributed by atoms with Crippen LogP contribution in [0.25, 0.3) is 0 Å². The molecule has 2 heterocycles. The Hall–Kier alpha value is -0.120. The summed E-state index contributed by atoms with van der Waals surface area (Å²) >= 11 is 0. The second-order valence-electron chi connectivity index (χ2n) is 4.83. The van der Waals surface area contributed by atoms with E-state index < -0.39 is 0 Å². The van der Waals surface area contributed by atoms with Gasteiger partial charge in [0.15, 0.2) is 0 Å². The maximum absolute atomic E-state index is 5.72. The second kappa shape index (κ2) is 4.60. The van der Waals surface area contributed by atoms with Crippen molar-refractivity contribution in [2.75, 3.05) is 32.7 Å². The Morgan fingerprint density at radius 2 is 2.00 bits per heavy atom. The van der Waals surface area contributed by atoms with Gasteiger partial charge in [-0.2, -0.15) is 0 Å². The molecular weight excluding hydrogens is 176 g/mol. The van der Waals surface area contributed by atoms with Crippen molar-refractivity contribution in [1.82, 2.24) is 10.2 Å². The number of hydrogen-bond acceptors (Lipinski definition) is 3.